The van der Waals surface area contributed by atoms with Gasteiger partial charge in [0.05, 0.1) is 0 Å². The highest BCUT2D eigenvalue weighted by molar-refractivity contribution is 7.08. The van der Waals surface area contributed by atoms with Crippen molar-refractivity contribution in [2.24, 2.45) is 0 Å². The molecule has 158 valence electrons. The van der Waals surface area contributed by atoms with Crippen LogP contribution in [0.15, 0.2) is 53.5 Å². The maximum Gasteiger partial charge on any atom is 0.248 e. The molecule has 7 nitrogen and oxygen atoms in total. The highest BCUT2D eigenvalue weighted by Crippen LogP contribution is 2.31. The predicted molar refractivity (Wildman–Crippen MR) is 120 cm³/mol. The van der Waals surface area contributed by atoms with Crippen molar-refractivity contribution in [1.82, 2.24) is 14.9 Å². The molecule has 0 aliphatic rings. The molecule has 1 aromatic carbocycles. The van der Waals surface area contributed by atoms with Crippen molar-refractivity contribution in [2.75, 3.05) is 10.6 Å². The van der Waals surface area contributed by atoms with Crippen LogP contribution in [0.3, 0.4) is 0 Å². The summed E-state index contributed by atoms with van der Waals surface area (Å²) in [6.07, 6.45) is 3.40. The molecule has 3 N–H and O–H groups in total. The lowest BCUT2D eigenvalue weighted by Crippen LogP contribution is -2.50. The number of carbonyl (C=O) groups is 2. The van der Waals surface area contributed by atoms with E-state index in [4.69, 9.17) is 5.73 Å². The van der Waals surface area contributed by atoms with Crippen molar-refractivity contribution in [1.29, 1.82) is 0 Å². The lowest BCUT2D eigenvalue weighted by molar-refractivity contribution is -0.127. The van der Waals surface area contributed by atoms with E-state index in [0.717, 1.165) is 11.4 Å². The molecule has 0 spiro atoms. The van der Waals surface area contributed by atoms with Gasteiger partial charge < -0.3 is 15.6 Å². The summed E-state index contributed by atoms with van der Waals surface area (Å²) in [7, 11) is 0. The maximum absolute atomic E-state index is 13.5. The Bertz CT molecular complexity index is 1000. The number of benzene rings is 1. The van der Waals surface area contributed by atoms with Crippen LogP contribution in [0.4, 0.5) is 11.4 Å². The number of imidazole rings is 1. The van der Waals surface area contributed by atoms with Crippen LogP contribution in [-0.4, -0.2) is 26.9 Å². The number of amides is 2. The maximum atomic E-state index is 13.5. The van der Waals surface area contributed by atoms with Crippen LogP contribution in [0.25, 0.3) is 0 Å². The van der Waals surface area contributed by atoms with Gasteiger partial charge in [-0.25, -0.2) is 4.98 Å². The molecular weight excluding hydrogens is 398 g/mol. The Morgan fingerprint density at radius 1 is 1.23 bits per heavy atom. The van der Waals surface area contributed by atoms with Crippen molar-refractivity contribution in [3.63, 3.8) is 0 Å². The number of nitrogen functional groups attached to an aromatic ring is 1. The zero-order chi connectivity index (χ0) is 21.9. The van der Waals surface area contributed by atoms with Crippen LogP contribution in [-0.2, 0) is 16.1 Å². The molecule has 0 aliphatic heterocycles. The number of nitrogens with two attached hydrogens (primary N) is 1. The van der Waals surface area contributed by atoms with E-state index >= 15 is 0 Å². The van der Waals surface area contributed by atoms with E-state index in [0.29, 0.717) is 11.4 Å². The average Bonchev–Trinajstić information content (AvgIpc) is 3.31. The largest absolute Gasteiger partial charge is 0.399 e. The second-order valence-electron chi connectivity index (χ2n) is 8.16. The highest BCUT2D eigenvalue weighted by atomic mass is 32.1. The summed E-state index contributed by atoms with van der Waals surface area (Å²) < 4.78 is 1.76. The number of thiophene rings is 1. The molecule has 1 unspecified atom stereocenters. The van der Waals surface area contributed by atoms with E-state index in [2.05, 4.69) is 10.3 Å². The number of hydrogen-bond donors (Lipinski definition) is 2. The fourth-order valence-electron chi connectivity index (χ4n) is 3.15. The smallest absolute Gasteiger partial charge is 0.248 e. The lowest BCUT2D eigenvalue weighted by Gasteiger charge is -2.33. The Labute approximate surface area is 180 Å². The second-order valence-corrected chi connectivity index (χ2v) is 8.94. The quantitative estimate of drug-likeness (QED) is 0.591. The first-order valence-corrected chi connectivity index (χ1v) is 10.6. The molecule has 3 aromatic rings. The third-order valence-electron chi connectivity index (χ3n) is 4.53. The third-order valence-corrected chi connectivity index (χ3v) is 5.23. The molecule has 0 aliphatic carbocycles. The number of rotatable bonds is 6. The zero-order valence-corrected chi connectivity index (χ0v) is 18.4. The average molecular weight is 426 g/mol. The van der Waals surface area contributed by atoms with Crippen LogP contribution < -0.4 is 16.0 Å². The van der Waals surface area contributed by atoms with Gasteiger partial charge >= 0.3 is 0 Å². The van der Waals surface area contributed by atoms with Gasteiger partial charge in [0.25, 0.3) is 0 Å². The summed E-state index contributed by atoms with van der Waals surface area (Å²) in [4.78, 5) is 32.6. The fourth-order valence-corrected chi connectivity index (χ4v) is 3.83. The minimum absolute atomic E-state index is 0.0691. The molecule has 2 heterocycles. The molecule has 30 heavy (non-hydrogen) atoms. The van der Waals surface area contributed by atoms with E-state index in [1.165, 1.54) is 11.3 Å². The lowest BCUT2D eigenvalue weighted by atomic mass is 10.0. The Hall–Kier alpha value is -3.13. The minimum Gasteiger partial charge on any atom is -0.399 e. The summed E-state index contributed by atoms with van der Waals surface area (Å²) >= 11 is 1.48. The van der Waals surface area contributed by atoms with E-state index in [9.17, 15) is 9.59 Å². The standard InChI is InChI=1S/C22H27N5O2S/c1-15-24-10-11-26(15)13-19(28)27(18-7-5-17(23)6-8-18)20(16-9-12-30-14-16)21(29)25-22(2,3)4/h5-12,14,20H,13,23H2,1-4H3,(H,25,29). The Morgan fingerprint density at radius 3 is 2.47 bits per heavy atom. The topological polar surface area (TPSA) is 93.2 Å². The number of carbonyl (C=O) groups excluding carboxylic acids is 2. The minimum atomic E-state index is -0.810. The van der Waals surface area contributed by atoms with Crippen LogP contribution in [0, 0.1) is 6.92 Å². The van der Waals surface area contributed by atoms with Gasteiger partial charge in [0, 0.05) is 29.3 Å². The molecule has 0 fully saturated rings. The van der Waals surface area contributed by atoms with Gasteiger partial charge in [-0.05, 0) is 74.4 Å². The second kappa shape index (κ2) is 8.71. The van der Waals surface area contributed by atoms with Crippen molar-refractivity contribution in [3.8, 4) is 0 Å². The molecule has 2 amide bonds. The van der Waals surface area contributed by atoms with Crippen molar-refractivity contribution < 1.29 is 9.59 Å². The van der Waals surface area contributed by atoms with Crippen molar-refractivity contribution in [3.05, 3.63) is 64.9 Å². The summed E-state index contributed by atoms with van der Waals surface area (Å²) in [6, 6.07) is 8.04. The van der Waals surface area contributed by atoms with E-state index in [-0.39, 0.29) is 18.4 Å². The van der Waals surface area contributed by atoms with Gasteiger partial charge in [-0.3, -0.25) is 14.5 Å². The normalized spacial score (nSPS) is 12.4. The number of aryl methyl sites for hydroxylation is 1. The molecule has 8 heteroatoms. The fraction of sp³-hybridized carbons (Fsp3) is 0.318. The summed E-state index contributed by atoms with van der Waals surface area (Å²) in [5.74, 6) is 0.265. The monoisotopic (exact) mass is 425 g/mol. The van der Waals surface area contributed by atoms with E-state index in [1.807, 2.05) is 44.5 Å². The Kier molecular flexibility index (Phi) is 6.26. The third kappa shape index (κ3) is 5.07. The van der Waals surface area contributed by atoms with Crippen LogP contribution in [0.2, 0.25) is 0 Å². The van der Waals surface area contributed by atoms with Gasteiger partial charge in [-0.15, -0.1) is 0 Å². The first kappa shape index (κ1) is 21.6. The number of nitrogens with one attached hydrogen (secondary N) is 1. The number of nitrogens with zero attached hydrogens (tertiary/aromatic N) is 3. The van der Waals surface area contributed by atoms with Crippen molar-refractivity contribution in [2.45, 2.75) is 45.8 Å². The van der Waals surface area contributed by atoms with E-state index < -0.39 is 11.6 Å². The Balaban J connectivity index is 2.06. The SMILES string of the molecule is Cc1nccn1CC(=O)N(c1ccc(N)cc1)C(C(=O)NC(C)(C)C)c1ccsc1. The predicted octanol–water partition coefficient (Wildman–Crippen LogP) is 3.52. The molecule has 2 aromatic heterocycles. The molecular formula is C22H27N5O2S. The van der Waals surface area contributed by atoms with E-state index in [1.54, 1.807) is 46.1 Å². The first-order valence-electron chi connectivity index (χ1n) is 9.65. The Morgan fingerprint density at radius 2 is 1.93 bits per heavy atom. The van der Waals surface area contributed by atoms with Gasteiger partial charge in [-0.1, -0.05) is 0 Å². The number of hydrogen-bond acceptors (Lipinski definition) is 5. The summed E-state index contributed by atoms with van der Waals surface area (Å²) in [5, 5.41) is 6.82. The van der Waals surface area contributed by atoms with Crippen molar-refractivity contribution >= 4 is 34.5 Å². The summed E-state index contributed by atoms with van der Waals surface area (Å²) in [5.41, 5.74) is 7.36. The molecule has 1 atom stereocenters. The highest BCUT2D eigenvalue weighted by Gasteiger charge is 2.34. The first-order chi connectivity index (χ1) is 14.2. The molecule has 0 saturated heterocycles. The molecule has 3 rings (SSSR count). The van der Waals surface area contributed by atoms with Crippen LogP contribution >= 0.6 is 11.3 Å². The van der Waals surface area contributed by atoms with Gasteiger partial charge in [0.2, 0.25) is 11.8 Å². The molecule has 0 radical (unpaired) electrons. The van der Waals surface area contributed by atoms with Gasteiger partial charge in [-0.2, -0.15) is 11.3 Å². The van der Waals surface area contributed by atoms with Gasteiger partial charge in [0.15, 0.2) is 0 Å². The zero-order valence-electron chi connectivity index (χ0n) is 17.6. The van der Waals surface area contributed by atoms with Gasteiger partial charge in [0.1, 0.15) is 18.4 Å². The number of anilines is 2. The molecule has 0 saturated carbocycles. The van der Waals surface area contributed by atoms with Crippen LogP contribution in [0.5, 0.6) is 0 Å². The summed E-state index contributed by atoms with van der Waals surface area (Å²) in [6.45, 7) is 7.66. The van der Waals surface area contributed by atoms with Crippen LogP contribution in [0.1, 0.15) is 38.2 Å². The molecule has 0 bridgehead atoms. The number of aromatic nitrogens is 2.